The van der Waals surface area contributed by atoms with Gasteiger partial charge in [-0.05, 0) is 49.9 Å². The lowest BCUT2D eigenvalue weighted by molar-refractivity contribution is -0.130. The Morgan fingerprint density at radius 3 is 2.61 bits per heavy atom. The van der Waals surface area contributed by atoms with Crippen molar-refractivity contribution in [3.05, 3.63) is 54.1 Å². The fraction of sp³-hybridized carbons (Fsp3) is 0.375. The summed E-state index contributed by atoms with van der Waals surface area (Å²) in [6.07, 6.45) is 3.03. The summed E-state index contributed by atoms with van der Waals surface area (Å²) in [7, 11) is 0. The molecule has 7 heteroatoms. The van der Waals surface area contributed by atoms with Crippen molar-refractivity contribution >= 4 is 40.3 Å². The minimum Gasteiger partial charge on any atom is -0.341 e. The van der Waals surface area contributed by atoms with E-state index < -0.39 is 0 Å². The Hall–Kier alpha value is -2.80. The minimum absolute atomic E-state index is 0.0759. The lowest BCUT2D eigenvalue weighted by Gasteiger charge is -2.22. The monoisotopic (exact) mass is 434 g/mol. The Bertz CT molecular complexity index is 1140. The van der Waals surface area contributed by atoms with Crippen LogP contribution in [0.1, 0.15) is 25.3 Å². The number of nitrogens with zero attached hydrogens (tertiary/aromatic N) is 4. The van der Waals surface area contributed by atoms with Crippen LogP contribution in [0.2, 0.25) is 0 Å². The fourth-order valence-electron chi connectivity index (χ4n) is 4.66. The highest BCUT2D eigenvalue weighted by Crippen LogP contribution is 2.33. The zero-order chi connectivity index (χ0) is 21.4. The molecule has 160 valence electrons. The first-order chi connectivity index (χ1) is 15.1. The number of carbonyl (C=O) groups excluding carboxylic acids is 2. The number of carbonyl (C=O) groups is 2. The molecule has 3 aromatic rings. The number of amides is 2. The van der Waals surface area contributed by atoms with E-state index in [-0.39, 0.29) is 24.4 Å². The molecule has 0 N–H and O–H groups in total. The molecular weight excluding hydrogens is 408 g/mol. The van der Waals surface area contributed by atoms with E-state index in [0.717, 1.165) is 54.2 Å². The van der Waals surface area contributed by atoms with Gasteiger partial charge in [-0.15, -0.1) is 0 Å². The molecule has 31 heavy (non-hydrogen) atoms. The standard InChI is InChI=1S/C24H26N4O2S/c1-17-14-18-8-2-4-10-20(18)28(17)23(30)16-31-24-25-19-9-3-5-11-21(19)27(24)15-22(29)26-12-6-7-13-26/h2-5,8-11,17H,6-7,12-16H2,1H3/t17-/m1/s1. The summed E-state index contributed by atoms with van der Waals surface area (Å²) in [5.74, 6) is 0.489. The number of hydrogen-bond donors (Lipinski definition) is 0. The van der Waals surface area contributed by atoms with Gasteiger partial charge in [0.25, 0.3) is 0 Å². The van der Waals surface area contributed by atoms with Gasteiger partial charge in [0.2, 0.25) is 11.8 Å². The van der Waals surface area contributed by atoms with Gasteiger partial charge in [-0.1, -0.05) is 42.1 Å². The van der Waals surface area contributed by atoms with Crippen molar-refractivity contribution in [2.45, 2.75) is 43.9 Å². The lowest BCUT2D eigenvalue weighted by atomic mass is 10.1. The molecule has 1 atom stereocenters. The first-order valence-corrected chi connectivity index (χ1v) is 11.9. The van der Waals surface area contributed by atoms with E-state index in [1.165, 1.54) is 17.3 Å². The van der Waals surface area contributed by atoms with Gasteiger partial charge < -0.3 is 14.4 Å². The molecule has 3 heterocycles. The number of rotatable bonds is 5. The molecule has 0 saturated carbocycles. The summed E-state index contributed by atoms with van der Waals surface area (Å²) in [5.41, 5.74) is 4.02. The highest BCUT2D eigenvalue weighted by atomic mass is 32.2. The third-order valence-corrected chi connectivity index (χ3v) is 7.13. The van der Waals surface area contributed by atoms with E-state index in [0.29, 0.717) is 5.75 Å². The quantitative estimate of drug-likeness (QED) is 0.574. The van der Waals surface area contributed by atoms with Gasteiger partial charge in [-0.3, -0.25) is 9.59 Å². The number of para-hydroxylation sites is 3. The molecule has 2 aliphatic heterocycles. The normalized spacial score (nSPS) is 18.0. The zero-order valence-electron chi connectivity index (χ0n) is 17.7. The SMILES string of the molecule is C[C@@H]1Cc2ccccc2N1C(=O)CSc1nc2ccccc2n1CC(=O)N1CCCC1. The molecule has 0 unspecified atom stereocenters. The predicted molar refractivity (Wildman–Crippen MR) is 123 cm³/mol. The molecule has 1 aromatic heterocycles. The molecular formula is C24H26N4O2S. The fourth-order valence-corrected chi connectivity index (χ4v) is 5.53. The highest BCUT2D eigenvalue weighted by molar-refractivity contribution is 7.99. The van der Waals surface area contributed by atoms with E-state index in [4.69, 9.17) is 4.98 Å². The second-order valence-corrected chi connectivity index (χ2v) is 9.23. The van der Waals surface area contributed by atoms with Gasteiger partial charge in [0, 0.05) is 24.8 Å². The average molecular weight is 435 g/mol. The van der Waals surface area contributed by atoms with Crippen LogP contribution in [0.25, 0.3) is 11.0 Å². The van der Waals surface area contributed by atoms with E-state index in [9.17, 15) is 9.59 Å². The Morgan fingerprint density at radius 2 is 1.77 bits per heavy atom. The topological polar surface area (TPSA) is 58.4 Å². The van der Waals surface area contributed by atoms with Crippen molar-refractivity contribution in [1.29, 1.82) is 0 Å². The number of benzene rings is 2. The van der Waals surface area contributed by atoms with Crippen molar-refractivity contribution in [3.63, 3.8) is 0 Å². The summed E-state index contributed by atoms with van der Waals surface area (Å²) >= 11 is 1.42. The number of imidazole rings is 1. The van der Waals surface area contributed by atoms with Crippen LogP contribution in [-0.4, -0.2) is 51.1 Å². The molecule has 0 aliphatic carbocycles. The van der Waals surface area contributed by atoms with Crippen LogP contribution in [0, 0.1) is 0 Å². The molecule has 0 bridgehead atoms. The first-order valence-electron chi connectivity index (χ1n) is 10.9. The Kier molecular flexibility index (Phi) is 5.44. The molecule has 2 aliphatic rings. The second-order valence-electron chi connectivity index (χ2n) is 8.29. The first kappa shape index (κ1) is 20.1. The highest BCUT2D eigenvalue weighted by Gasteiger charge is 2.31. The van der Waals surface area contributed by atoms with Gasteiger partial charge in [-0.2, -0.15) is 0 Å². The summed E-state index contributed by atoms with van der Waals surface area (Å²) < 4.78 is 1.97. The van der Waals surface area contributed by atoms with Gasteiger partial charge in [-0.25, -0.2) is 4.98 Å². The molecule has 2 aromatic carbocycles. The summed E-state index contributed by atoms with van der Waals surface area (Å²) in [4.78, 5) is 34.5. The van der Waals surface area contributed by atoms with Crippen LogP contribution in [0.5, 0.6) is 0 Å². The van der Waals surface area contributed by atoms with Crippen LogP contribution < -0.4 is 4.90 Å². The van der Waals surface area contributed by atoms with E-state index in [1.807, 2.05) is 56.8 Å². The van der Waals surface area contributed by atoms with Crippen LogP contribution in [0.15, 0.2) is 53.7 Å². The van der Waals surface area contributed by atoms with Crippen molar-refractivity contribution in [2.24, 2.45) is 0 Å². The molecule has 5 rings (SSSR count). The van der Waals surface area contributed by atoms with E-state index in [1.54, 1.807) is 0 Å². The summed E-state index contributed by atoms with van der Waals surface area (Å²) in [6, 6.07) is 16.1. The van der Waals surface area contributed by atoms with Crippen LogP contribution in [0.4, 0.5) is 5.69 Å². The van der Waals surface area contributed by atoms with Gasteiger partial charge in [0.1, 0.15) is 6.54 Å². The van der Waals surface area contributed by atoms with Crippen molar-refractivity contribution in [2.75, 3.05) is 23.7 Å². The zero-order valence-corrected chi connectivity index (χ0v) is 18.5. The lowest BCUT2D eigenvalue weighted by Crippen LogP contribution is -2.37. The maximum absolute atomic E-state index is 13.1. The van der Waals surface area contributed by atoms with Gasteiger partial charge >= 0.3 is 0 Å². The number of likely N-dealkylation sites (tertiary alicyclic amines) is 1. The molecule has 1 fully saturated rings. The molecule has 6 nitrogen and oxygen atoms in total. The maximum Gasteiger partial charge on any atom is 0.242 e. The van der Waals surface area contributed by atoms with Crippen molar-refractivity contribution in [3.8, 4) is 0 Å². The van der Waals surface area contributed by atoms with E-state index in [2.05, 4.69) is 13.0 Å². The van der Waals surface area contributed by atoms with Crippen LogP contribution >= 0.6 is 11.8 Å². The number of thioether (sulfide) groups is 1. The van der Waals surface area contributed by atoms with Crippen LogP contribution in [-0.2, 0) is 22.6 Å². The smallest absolute Gasteiger partial charge is 0.242 e. The third-order valence-electron chi connectivity index (χ3n) is 6.17. The minimum atomic E-state index is 0.0759. The van der Waals surface area contributed by atoms with Crippen molar-refractivity contribution < 1.29 is 9.59 Å². The Balaban J connectivity index is 1.36. The summed E-state index contributed by atoms with van der Waals surface area (Å²) in [5, 5.41) is 0.724. The predicted octanol–water partition coefficient (Wildman–Crippen LogP) is 3.73. The Morgan fingerprint density at radius 1 is 1.03 bits per heavy atom. The number of anilines is 1. The largest absolute Gasteiger partial charge is 0.341 e. The molecule has 0 radical (unpaired) electrons. The molecule has 1 saturated heterocycles. The summed E-state index contributed by atoms with van der Waals surface area (Å²) in [6.45, 7) is 4.02. The number of hydrogen-bond acceptors (Lipinski definition) is 4. The number of aromatic nitrogens is 2. The molecule has 2 amide bonds. The van der Waals surface area contributed by atoms with Crippen molar-refractivity contribution in [1.82, 2.24) is 14.5 Å². The second kappa shape index (κ2) is 8.38. The van der Waals surface area contributed by atoms with Gasteiger partial charge in [0.15, 0.2) is 5.16 Å². The number of fused-ring (bicyclic) bond motifs is 2. The van der Waals surface area contributed by atoms with Gasteiger partial charge in [0.05, 0.1) is 16.8 Å². The van der Waals surface area contributed by atoms with E-state index >= 15 is 0 Å². The maximum atomic E-state index is 13.1. The third kappa shape index (κ3) is 3.82. The van der Waals surface area contributed by atoms with Crippen LogP contribution in [0.3, 0.4) is 0 Å². The molecule has 0 spiro atoms. The Labute approximate surface area is 186 Å². The average Bonchev–Trinajstić information content (AvgIpc) is 3.49.